The van der Waals surface area contributed by atoms with E-state index in [9.17, 15) is 24.0 Å². The lowest BCUT2D eigenvalue weighted by molar-refractivity contribution is -0.270. The van der Waals surface area contributed by atoms with Crippen LogP contribution in [0.1, 0.15) is 50.0 Å². The van der Waals surface area contributed by atoms with Gasteiger partial charge in [-0.2, -0.15) is 0 Å². The summed E-state index contributed by atoms with van der Waals surface area (Å²) in [4.78, 5) is 64.6. The third kappa shape index (κ3) is 7.42. The molecule has 2 aromatic heterocycles. The lowest BCUT2D eigenvalue weighted by atomic mass is 9.97. The summed E-state index contributed by atoms with van der Waals surface area (Å²) >= 11 is 0. The molecule has 1 amide bonds. The molecule has 1 aromatic carbocycles. The van der Waals surface area contributed by atoms with Crippen molar-refractivity contribution in [2.45, 2.75) is 64.9 Å². The third-order valence-electron chi connectivity index (χ3n) is 6.07. The van der Waals surface area contributed by atoms with Crippen molar-refractivity contribution in [1.29, 1.82) is 0 Å². The van der Waals surface area contributed by atoms with Gasteiger partial charge in [0, 0.05) is 39.3 Å². The summed E-state index contributed by atoms with van der Waals surface area (Å²) in [5.41, 5.74) is 1.41. The number of esters is 4. The number of para-hydroxylation sites is 1. The number of hydrogen-bond donors (Lipinski definition) is 1. The molecule has 3 heterocycles. The molecule has 1 saturated heterocycles. The molecule has 1 fully saturated rings. The second-order valence-corrected chi connectivity index (χ2v) is 9.38. The van der Waals surface area contributed by atoms with Gasteiger partial charge in [0.1, 0.15) is 18.4 Å². The molecule has 3 aromatic rings. The average Bonchev–Trinajstić information content (AvgIpc) is 3.40. The molecule has 4 rings (SSSR count). The molecule has 0 unspecified atom stereocenters. The fourth-order valence-corrected chi connectivity index (χ4v) is 4.41. The summed E-state index contributed by atoms with van der Waals surface area (Å²) in [7, 11) is 0. The minimum absolute atomic E-state index is 0.0308. The van der Waals surface area contributed by atoms with Crippen LogP contribution in [0.15, 0.2) is 42.7 Å². The highest BCUT2D eigenvalue weighted by molar-refractivity contribution is 5.97. The number of aromatic nitrogens is 4. The van der Waals surface area contributed by atoms with Gasteiger partial charge in [0.25, 0.3) is 5.91 Å². The quantitative estimate of drug-likeness (QED) is 0.278. The topological polar surface area (TPSA) is 187 Å². The molecular weight excluding hydrogens is 554 g/mol. The highest BCUT2D eigenvalue weighted by Gasteiger charge is 2.53. The lowest BCUT2D eigenvalue weighted by Crippen LogP contribution is -2.60. The number of hydrogen-bond acceptors (Lipinski definition) is 13. The van der Waals surface area contributed by atoms with Gasteiger partial charge >= 0.3 is 23.9 Å². The summed E-state index contributed by atoms with van der Waals surface area (Å²) in [6, 6.07) is 9.09. The maximum absolute atomic E-state index is 12.8. The van der Waals surface area contributed by atoms with Gasteiger partial charge in [-0.1, -0.05) is 23.4 Å². The maximum Gasteiger partial charge on any atom is 0.303 e. The van der Waals surface area contributed by atoms with E-state index in [4.69, 9.17) is 23.7 Å². The van der Waals surface area contributed by atoms with Gasteiger partial charge < -0.3 is 29.0 Å². The van der Waals surface area contributed by atoms with Gasteiger partial charge in [-0.05, 0) is 12.1 Å². The first-order valence-corrected chi connectivity index (χ1v) is 12.9. The van der Waals surface area contributed by atoms with Gasteiger partial charge in [0.15, 0.2) is 24.5 Å². The zero-order valence-corrected chi connectivity index (χ0v) is 23.2. The molecule has 0 spiro atoms. The Labute approximate surface area is 239 Å². The van der Waals surface area contributed by atoms with Crippen molar-refractivity contribution in [3.05, 3.63) is 54.0 Å². The molecule has 1 aliphatic heterocycles. The van der Waals surface area contributed by atoms with Crippen molar-refractivity contribution in [2.24, 2.45) is 0 Å². The van der Waals surface area contributed by atoms with Gasteiger partial charge in [0.2, 0.25) is 0 Å². The van der Waals surface area contributed by atoms with Crippen LogP contribution in [-0.2, 0) is 49.4 Å². The summed E-state index contributed by atoms with van der Waals surface area (Å²) in [5, 5.41) is 11.7. The van der Waals surface area contributed by atoms with E-state index in [2.05, 4.69) is 20.6 Å². The van der Waals surface area contributed by atoms with Crippen LogP contribution in [0.25, 0.3) is 10.9 Å². The van der Waals surface area contributed by atoms with E-state index >= 15 is 0 Å². The van der Waals surface area contributed by atoms with Crippen molar-refractivity contribution >= 4 is 40.7 Å². The van der Waals surface area contributed by atoms with Crippen LogP contribution in [0.3, 0.4) is 0 Å². The second kappa shape index (κ2) is 13.2. The van der Waals surface area contributed by atoms with Crippen LogP contribution in [0.2, 0.25) is 0 Å². The van der Waals surface area contributed by atoms with Gasteiger partial charge in [-0.15, -0.1) is 5.10 Å². The first-order valence-electron chi connectivity index (χ1n) is 12.9. The van der Waals surface area contributed by atoms with Crippen LogP contribution in [0.5, 0.6) is 0 Å². The molecule has 5 atom stereocenters. The molecular formula is C27H29N5O10. The summed E-state index contributed by atoms with van der Waals surface area (Å²) in [6.07, 6.45) is -3.52. The molecule has 0 saturated carbocycles. The number of carbonyl (C=O) groups excluding carboxylic acids is 5. The number of ether oxygens (including phenoxy) is 5. The third-order valence-corrected chi connectivity index (χ3v) is 6.07. The number of benzene rings is 1. The molecule has 1 aliphatic rings. The summed E-state index contributed by atoms with van der Waals surface area (Å²) in [5.74, 6) is -3.28. The Morgan fingerprint density at radius 2 is 1.57 bits per heavy atom. The first kappa shape index (κ1) is 30.0. The van der Waals surface area contributed by atoms with Crippen LogP contribution in [0, 0.1) is 0 Å². The standard InChI is InChI=1S/C27H29N5O10/c1-14(33)38-13-22-23(39-15(2)34)24(40-16(3)35)25(41-17(4)36)27(42-22)32-12-20(30-31-32)11-29-26(37)19-9-18-7-5-6-8-21(18)28-10-19/h5-10,12,22-25,27H,11,13H2,1-4H3,(H,29,37)/t22-,23-,24+,25-,27-/m1/s1. The molecule has 222 valence electrons. The Hall–Kier alpha value is -4.92. The van der Waals surface area contributed by atoms with E-state index in [0.717, 1.165) is 31.7 Å². The summed E-state index contributed by atoms with van der Waals surface area (Å²) < 4.78 is 28.6. The minimum Gasteiger partial charge on any atom is -0.463 e. The number of amides is 1. The number of rotatable bonds is 9. The molecule has 42 heavy (non-hydrogen) atoms. The van der Waals surface area contributed by atoms with Crippen LogP contribution in [0.4, 0.5) is 0 Å². The van der Waals surface area contributed by atoms with E-state index < -0.39 is 60.4 Å². The van der Waals surface area contributed by atoms with Crippen molar-refractivity contribution in [3.63, 3.8) is 0 Å². The monoisotopic (exact) mass is 583 g/mol. The fraction of sp³-hybridized carbons (Fsp3) is 0.407. The number of nitrogens with one attached hydrogen (secondary N) is 1. The Kier molecular flexibility index (Phi) is 9.42. The zero-order valence-electron chi connectivity index (χ0n) is 23.2. The average molecular weight is 584 g/mol. The molecule has 0 radical (unpaired) electrons. The summed E-state index contributed by atoms with van der Waals surface area (Å²) in [6.45, 7) is 4.16. The molecule has 0 aliphatic carbocycles. The number of fused-ring (bicyclic) bond motifs is 1. The predicted octanol–water partition coefficient (Wildman–Crippen LogP) is 1.01. The van der Waals surface area contributed by atoms with Crippen molar-refractivity contribution < 1.29 is 47.7 Å². The Morgan fingerprint density at radius 3 is 2.26 bits per heavy atom. The van der Waals surface area contributed by atoms with E-state index in [1.54, 1.807) is 6.07 Å². The van der Waals surface area contributed by atoms with Crippen LogP contribution in [-0.4, -0.2) is 80.8 Å². The lowest BCUT2D eigenvalue weighted by Gasteiger charge is -2.44. The van der Waals surface area contributed by atoms with E-state index in [1.807, 2.05) is 24.3 Å². The number of carbonyl (C=O) groups is 5. The fourth-order valence-electron chi connectivity index (χ4n) is 4.41. The van der Waals surface area contributed by atoms with Crippen LogP contribution >= 0.6 is 0 Å². The van der Waals surface area contributed by atoms with E-state index in [-0.39, 0.29) is 13.2 Å². The SMILES string of the molecule is CC(=O)OC[C@H]1O[C@@H](n2cc(CNC(=O)c3cnc4ccccc4c3)nn2)[C@H](OC(C)=O)[C@@H](OC(C)=O)[C@@H]1OC(C)=O. The molecule has 15 heteroatoms. The molecule has 1 N–H and O–H groups in total. The second-order valence-electron chi connectivity index (χ2n) is 9.38. The molecule has 0 bridgehead atoms. The first-order chi connectivity index (χ1) is 20.0. The highest BCUT2D eigenvalue weighted by atomic mass is 16.7. The minimum atomic E-state index is -1.36. The number of nitrogens with zero attached hydrogens (tertiary/aromatic N) is 4. The normalized spacial score (nSPS) is 21.7. The largest absolute Gasteiger partial charge is 0.463 e. The Bertz CT molecular complexity index is 1490. The zero-order chi connectivity index (χ0) is 30.4. The van der Waals surface area contributed by atoms with Gasteiger partial charge in [-0.25, -0.2) is 4.68 Å². The highest BCUT2D eigenvalue weighted by Crippen LogP contribution is 2.34. The smallest absolute Gasteiger partial charge is 0.303 e. The molecule has 15 nitrogen and oxygen atoms in total. The predicted molar refractivity (Wildman–Crippen MR) is 140 cm³/mol. The van der Waals surface area contributed by atoms with Gasteiger partial charge in [-0.3, -0.25) is 29.0 Å². The van der Waals surface area contributed by atoms with E-state index in [1.165, 1.54) is 24.0 Å². The van der Waals surface area contributed by atoms with Gasteiger partial charge in [0.05, 0.1) is 23.8 Å². The Balaban J connectivity index is 1.57. The van der Waals surface area contributed by atoms with Crippen molar-refractivity contribution in [2.75, 3.05) is 6.61 Å². The number of pyridine rings is 1. The van der Waals surface area contributed by atoms with E-state index in [0.29, 0.717) is 11.3 Å². The van der Waals surface area contributed by atoms with Crippen molar-refractivity contribution in [1.82, 2.24) is 25.3 Å². The van der Waals surface area contributed by atoms with Crippen LogP contribution < -0.4 is 5.32 Å². The van der Waals surface area contributed by atoms with Crippen molar-refractivity contribution in [3.8, 4) is 0 Å². The maximum atomic E-state index is 12.8. The Morgan fingerprint density at radius 1 is 0.905 bits per heavy atom.